The SMILES string of the molecule is O=C(c1cccc(F)c1O)N1CCNCC1. The molecule has 1 aromatic carbocycles. The molecule has 1 aromatic rings. The summed E-state index contributed by atoms with van der Waals surface area (Å²) in [4.78, 5) is 13.5. The molecule has 1 aliphatic rings. The molecule has 1 fully saturated rings. The number of carbonyl (C=O) groups is 1. The number of halogens is 1. The predicted octanol–water partition coefficient (Wildman–Crippen LogP) is 0.577. The molecule has 0 unspecified atom stereocenters. The van der Waals surface area contributed by atoms with Gasteiger partial charge in [-0.1, -0.05) is 6.07 Å². The van der Waals surface area contributed by atoms with Crippen LogP contribution < -0.4 is 5.32 Å². The number of benzene rings is 1. The van der Waals surface area contributed by atoms with Crippen molar-refractivity contribution in [1.82, 2.24) is 10.2 Å². The Hall–Kier alpha value is -1.62. The number of aromatic hydroxyl groups is 1. The second kappa shape index (κ2) is 4.49. The van der Waals surface area contributed by atoms with E-state index in [9.17, 15) is 14.3 Å². The molecule has 0 radical (unpaired) electrons. The number of amides is 1. The van der Waals surface area contributed by atoms with Gasteiger partial charge < -0.3 is 15.3 Å². The Kier molecular flexibility index (Phi) is 3.05. The molecule has 2 N–H and O–H groups in total. The normalized spacial score (nSPS) is 16.2. The van der Waals surface area contributed by atoms with Crippen molar-refractivity contribution in [2.24, 2.45) is 0 Å². The fourth-order valence-corrected chi connectivity index (χ4v) is 1.73. The number of phenolic OH excluding ortho intramolecular Hbond substituents is 1. The third kappa shape index (κ3) is 1.99. The standard InChI is InChI=1S/C11H13FN2O2/c12-9-3-1-2-8(10(9)15)11(16)14-6-4-13-5-7-14/h1-3,13,15H,4-7H2. The summed E-state index contributed by atoms with van der Waals surface area (Å²) in [6.45, 7) is 2.60. The molecule has 5 heteroatoms. The van der Waals surface area contributed by atoms with E-state index in [2.05, 4.69) is 5.32 Å². The third-order valence-electron chi connectivity index (χ3n) is 2.62. The molecule has 1 saturated heterocycles. The highest BCUT2D eigenvalue weighted by Gasteiger charge is 2.21. The molecular formula is C11H13FN2O2. The van der Waals surface area contributed by atoms with Crippen LogP contribution in [-0.2, 0) is 0 Å². The molecule has 0 aromatic heterocycles. The number of nitrogens with one attached hydrogen (secondary N) is 1. The second-order valence-electron chi connectivity index (χ2n) is 3.68. The number of hydrogen-bond acceptors (Lipinski definition) is 3. The first kappa shape index (κ1) is 10.9. The fraction of sp³-hybridized carbons (Fsp3) is 0.364. The van der Waals surface area contributed by atoms with Crippen LogP contribution in [-0.4, -0.2) is 42.1 Å². The quantitative estimate of drug-likeness (QED) is 0.733. The van der Waals surface area contributed by atoms with Crippen LogP contribution in [0.15, 0.2) is 18.2 Å². The lowest BCUT2D eigenvalue weighted by molar-refractivity contribution is 0.0732. The number of para-hydroxylation sites is 1. The summed E-state index contributed by atoms with van der Waals surface area (Å²) in [6, 6.07) is 3.98. The Morgan fingerprint density at radius 1 is 1.38 bits per heavy atom. The lowest BCUT2D eigenvalue weighted by Crippen LogP contribution is -2.46. The van der Waals surface area contributed by atoms with E-state index in [1.54, 1.807) is 4.90 Å². The Bertz CT molecular complexity index is 403. The molecular weight excluding hydrogens is 211 g/mol. The van der Waals surface area contributed by atoms with Gasteiger partial charge in [0.05, 0.1) is 5.56 Å². The van der Waals surface area contributed by atoms with Crippen LogP contribution in [0.3, 0.4) is 0 Å². The molecule has 0 bridgehead atoms. The van der Waals surface area contributed by atoms with Crippen molar-refractivity contribution >= 4 is 5.91 Å². The molecule has 86 valence electrons. The van der Waals surface area contributed by atoms with E-state index in [0.717, 1.165) is 19.2 Å². The molecule has 1 amide bonds. The minimum atomic E-state index is -0.763. The van der Waals surface area contributed by atoms with Gasteiger partial charge in [-0.15, -0.1) is 0 Å². The van der Waals surface area contributed by atoms with Crippen LogP contribution in [0.5, 0.6) is 5.75 Å². The number of hydrogen-bond donors (Lipinski definition) is 2. The van der Waals surface area contributed by atoms with Crippen molar-refractivity contribution in [2.75, 3.05) is 26.2 Å². The topological polar surface area (TPSA) is 52.6 Å². The summed E-state index contributed by atoms with van der Waals surface area (Å²) in [6.07, 6.45) is 0. The summed E-state index contributed by atoms with van der Waals surface area (Å²) in [5, 5.41) is 12.6. The van der Waals surface area contributed by atoms with Gasteiger partial charge in [-0.3, -0.25) is 4.79 Å². The minimum absolute atomic E-state index is 0.0295. The average molecular weight is 224 g/mol. The van der Waals surface area contributed by atoms with Crippen LogP contribution in [0.25, 0.3) is 0 Å². The lowest BCUT2D eigenvalue weighted by Gasteiger charge is -2.27. The number of piperazine rings is 1. The van der Waals surface area contributed by atoms with Crippen molar-refractivity contribution in [1.29, 1.82) is 0 Å². The van der Waals surface area contributed by atoms with Gasteiger partial charge in [-0.2, -0.15) is 0 Å². The van der Waals surface area contributed by atoms with Crippen molar-refractivity contribution < 1.29 is 14.3 Å². The van der Waals surface area contributed by atoms with Crippen LogP contribution in [0.4, 0.5) is 4.39 Å². The monoisotopic (exact) mass is 224 g/mol. The highest BCUT2D eigenvalue weighted by molar-refractivity contribution is 5.96. The Balaban J connectivity index is 2.22. The second-order valence-corrected chi connectivity index (χ2v) is 3.68. The molecule has 0 spiro atoms. The van der Waals surface area contributed by atoms with Gasteiger partial charge in [0.2, 0.25) is 0 Å². The van der Waals surface area contributed by atoms with Gasteiger partial charge in [-0.25, -0.2) is 4.39 Å². The van der Waals surface area contributed by atoms with Crippen LogP contribution in [0, 0.1) is 5.82 Å². The Morgan fingerprint density at radius 3 is 2.75 bits per heavy atom. The Morgan fingerprint density at radius 2 is 2.06 bits per heavy atom. The summed E-state index contributed by atoms with van der Waals surface area (Å²) in [5.41, 5.74) is 0.0295. The smallest absolute Gasteiger partial charge is 0.257 e. The van der Waals surface area contributed by atoms with Crippen LogP contribution in [0.1, 0.15) is 10.4 Å². The van der Waals surface area contributed by atoms with Crippen molar-refractivity contribution in [2.45, 2.75) is 0 Å². The molecule has 0 aliphatic carbocycles. The first-order valence-corrected chi connectivity index (χ1v) is 5.17. The lowest BCUT2D eigenvalue weighted by atomic mass is 10.1. The van der Waals surface area contributed by atoms with Crippen LogP contribution >= 0.6 is 0 Å². The van der Waals surface area contributed by atoms with E-state index in [-0.39, 0.29) is 11.5 Å². The summed E-state index contributed by atoms with van der Waals surface area (Å²) < 4.78 is 13.1. The van der Waals surface area contributed by atoms with Crippen molar-refractivity contribution in [3.63, 3.8) is 0 Å². The predicted molar refractivity (Wildman–Crippen MR) is 56.8 cm³/mol. The minimum Gasteiger partial charge on any atom is -0.504 e. The first-order valence-electron chi connectivity index (χ1n) is 5.17. The van der Waals surface area contributed by atoms with E-state index in [0.29, 0.717) is 13.1 Å². The van der Waals surface area contributed by atoms with Gasteiger partial charge in [0.25, 0.3) is 5.91 Å². The molecule has 1 heterocycles. The fourth-order valence-electron chi connectivity index (χ4n) is 1.73. The summed E-state index contributed by atoms with van der Waals surface area (Å²) in [5.74, 6) is -1.65. The number of carbonyl (C=O) groups excluding carboxylic acids is 1. The summed E-state index contributed by atoms with van der Waals surface area (Å²) >= 11 is 0. The van der Waals surface area contributed by atoms with E-state index in [4.69, 9.17) is 0 Å². The van der Waals surface area contributed by atoms with Gasteiger partial charge in [0.1, 0.15) is 0 Å². The Labute approximate surface area is 92.7 Å². The average Bonchev–Trinajstić information content (AvgIpc) is 2.33. The van der Waals surface area contributed by atoms with Crippen molar-refractivity contribution in [3.8, 4) is 5.75 Å². The van der Waals surface area contributed by atoms with E-state index < -0.39 is 11.6 Å². The van der Waals surface area contributed by atoms with Gasteiger partial charge in [0, 0.05) is 26.2 Å². The highest BCUT2D eigenvalue weighted by atomic mass is 19.1. The maximum absolute atomic E-state index is 13.1. The number of rotatable bonds is 1. The molecule has 2 rings (SSSR count). The zero-order valence-electron chi connectivity index (χ0n) is 8.74. The summed E-state index contributed by atoms with van der Waals surface area (Å²) in [7, 11) is 0. The molecule has 16 heavy (non-hydrogen) atoms. The number of nitrogens with zero attached hydrogens (tertiary/aromatic N) is 1. The molecule has 0 saturated carbocycles. The largest absolute Gasteiger partial charge is 0.504 e. The van der Waals surface area contributed by atoms with Gasteiger partial charge >= 0.3 is 0 Å². The van der Waals surface area contributed by atoms with E-state index >= 15 is 0 Å². The first-order chi connectivity index (χ1) is 7.70. The maximum atomic E-state index is 13.1. The van der Waals surface area contributed by atoms with Crippen molar-refractivity contribution in [3.05, 3.63) is 29.6 Å². The van der Waals surface area contributed by atoms with E-state index in [1.165, 1.54) is 12.1 Å². The van der Waals surface area contributed by atoms with Gasteiger partial charge in [-0.05, 0) is 12.1 Å². The number of phenols is 1. The van der Waals surface area contributed by atoms with Crippen LogP contribution in [0.2, 0.25) is 0 Å². The molecule has 4 nitrogen and oxygen atoms in total. The molecule has 1 aliphatic heterocycles. The zero-order valence-corrected chi connectivity index (χ0v) is 8.74. The van der Waals surface area contributed by atoms with Gasteiger partial charge in [0.15, 0.2) is 11.6 Å². The highest BCUT2D eigenvalue weighted by Crippen LogP contribution is 2.22. The zero-order chi connectivity index (χ0) is 11.5. The molecule has 0 atom stereocenters. The van der Waals surface area contributed by atoms with E-state index in [1.807, 2.05) is 0 Å². The maximum Gasteiger partial charge on any atom is 0.257 e. The third-order valence-corrected chi connectivity index (χ3v) is 2.62.